The second-order valence-corrected chi connectivity index (χ2v) is 9.20. The summed E-state index contributed by atoms with van der Waals surface area (Å²) in [6.45, 7) is 0. The molecule has 0 radical (unpaired) electrons. The van der Waals surface area contributed by atoms with Gasteiger partial charge in [0.1, 0.15) is 21.6 Å². The summed E-state index contributed by atoms with van der Waals surface area (Å²) >= 11 is 14.6. The normalized spacial score (nSPS) is 12.5. The summed E-state index contributed by atoms with van der Waals surface area (Å²) in [5, 5.41) is -0.296. The first-order valence-corrected chi connectivity index (χ1v) is 11.3. The molecule has 0 saturated carbocycles. The molecule has 1 unspecified atom stereocenters. The lowest BCUT2D eigenvalue weighted by Gasteiger charge is -2.14. The molecule has 6 nitrogen and oxygen atoms in total. The van der Waals surface area contributed by atoms with Gasteiger partial charge in [0.15, 0.2) is 16.5 Å². The number of Topliss-reactive ketones (excluding diaryl/α,β-unsaturated/α-hetero) is 1. The van der Waals surface area contributed by atoms with E-state index in [0.717, 1.165) is 30.3 Å². The van der Waals surface area contributed by atoms with Crippen LogP contribution in [0.4, 0.5) is 18.9 Å². The predicted octanol–water partition coefficient (Wildman–Crippen LogP) is 5.32. The fraction of sp³-hybridized carbons (Fsp3) is 0.0556. The number of alkyl halides is 1. The first-order chi connectivity index (χ1) is 14.5. The highest BCUT2D eigenvalue weighted by Gasteiger charge is 2.28. The van der Waals surface area contributed by atoms with Crippen molar-refractivity contribution in [1.29, 1.82) is 0 Å². The molecule has 0 aliphatic carbocycles. The minimum absolute atomic E-state index is 0.0359. The van der Waals surface area contributed by atoms with Crippen molar-refractivity contribution in [3.8, 4) is 0 Å². The van der Waals surface area contributed by atoms with Crippen molar-refractivity contribution in [2.45, 2.75) is 9.72 Å². The lowest BCUT2D eigenvalue weighted by molar-refractivity contribution is 0.0986. The van der Waals surface area contributed by atoms with Gasteiger partial charge in [-0.15, -0.1) is 0 Å². The van der Waals surface area contributed by atoms with Gasteiger partial charge in [-0.3, -0.25) is 9.52 Å². The number of anilines is 1. The zero-order valence-electron chi connectivity index (χ0n) is 14.9. The number of carbonyl (C=O) groups excluding carboxylic acids is 1. The molecule has 0 aliphatic rings. The molecule has 162 valence electrons. The molecule has 0 fully saturated rings. The Morgan fingerprint density at radius 3 is 2.26 bits per heavy atom. The Labute approximate surface area is 192 Å². The van der Waals surface area contributed by atoms with Gasteiger partial charge in [0.2, 0.25) is 5.28 Å². The molecule has 1 atom stereocenters. The van der Waals surface area contributed by atoms with E-state index in [2.05, 4.69) is 25.9 Å². The van der Waals surface area contributed by atoms with Crippen LogP contribution in [-0.4, -0.2) is 24.2 Å². The van der Waals surface area contributed by atoms with Crippen molar-refractivity contribution in [2.24, 2.45) is 0 Å². The average Bonchev–Trinajstić information content (AvgIpc) is 2.67. The maximum absolute atomic E-state index is 15.0. The fourth-order valence-corrected chi connectivity index (χ4v) is 4.65. The number of rotatable bonds is 6. The third kappa shape index (κ3) is 5.00. The maximum atomic E-state index is 15.0. The number of carbonyl (C=O) groups is 1. The van der Waals surface area contributed by atoms with Crippen LogP contribution < -0.4 is 4.72 Å². The van der Waals surface area contributed by atoms with E-state index in [-0.39, 0.29) is 16.1 Å². The molecule has 3 rings (SSSR count). The van der Waals surface area contributed by atoms with Crippen LogP contribution in [0.3, 0.4) is 0 Å². The van der Waals surface area contributed by atoms with Gasteiger partial charge in [0.25, 0.3) is 10.0 Å². The number of benzene rings is 2. The van der Waals surface area contributed by atoms with E-state index in [1.807, 2.05) is 0 Å². The minimum Gasteiger partial charge on any atom is -0.292 e. The molecule has 0 bridgehead atoms. The van der Waals surface area contributed by atoms with Crippen LogP contribution in [-0.2, 0) is 10.0 Å². The van der Waals surface area contributed by atoms with E-state index in [0.29, 0.717) is 0 Å². The molecule has 1 aromatic heterocycles. The molecule has 0 spiro atoms. The Morgan fingerprint density at radius 1 is 1.03 bits per heavy atom. The molecule has 1 heterocycles. The standard InChI is InChI=1S/C18H9BrCl2F3N3O3S/c19-14(12-7-13(20)26-18(21)25-12)16(28)8-3-1-6-11(15(8)24)27-31(29,30)17-9(22)4-2-5-10(17)23/h1-7,14,27H. The van der Waals surface area contributed by atoms with Crippen LogP contribution in [0, 0.1) is 17.5 Å². The molecule has 3 aromatic rings. The minimum atomic E-state index is -4.84. The average molecular weight is 555 g/mol. The zero-order valence-corrected chi connectivity index (χ0v) is 18.8. The lowest BCUT2D eigenvalue weighted by atomic mass is 10.0. The second kappa shape index (κ2) is 9.11. The molecular weight excluding hydrogens is 546 g/mol. The molecule has 0 saturated heterocycles. The summed E-state index contributed by atoms with van der Waals surface area (Å²) < 4.78 is 69.3. The van der Waals surface area contributed by atoms with Crippen molar-refractivity contribution in [1.82, 2.24) is 9.97 Å². The van der Waals surface area contributed by atoms with Crippen LogP contribution in [0.1, 0.15) is 20.9 Å². The number of nitrogens with one attached hydrogen (secondary N) is 1. The zero-order chi connectivity index (χ0) is 22.9. The number of hydrogen-bond donors (Lipinski definition) is 1. The fourth-order valence-electron chi connectivity index (χ4n) is 2.54. The van der Waals surface area contributed by atoms with Gasteiger partial charge in [-0.25, -0.2) is 31.6 Å². The van der Waals surface area contributed by atoms with Crippen LogP contribution in [0.15, 0.2) is 47.4 Å². The molecular formula is C18H9BrCl2F3N3O3S. The Balaban J connectivity index is 1.97. The lowest BCUT2D eigenvalue weighted by Crippen LogP contribution is -2.18. The van der Waals surface area contributed by atoms with E-state index in [1.165, 1.54) is 12.1 Å². The number of ketones is 1. The second-order valence-electron chi connectivity index (χ2n) is 5.93. The summed E-state index contributed by atoms with van der Waals surface area (Å²) in [5.41, 5.74) is -1.18. The van der Waals surface area contributed by atoms with Gasteiger partial charge in [-0.05, 0) is 41.9 Å². The van der Waals surface area contributed by atoms with E-state index in [4.69, 9.17) is 23.2 Å². The molecule has 31 heavy (non-hydrogen) atoms. The maximum Gasteiger partial charge on any atom is 0.267 e. The van der Waals surface area contributed by atoms with E-state index >= 15 is 0 Å². The van der Waals surface area contributed by atoms with Crippen molar-refractivity contribution >= 4 is 60.6 Å². The topological polar surface area (TPSA) is 89.0 Å². The van der Waals surface area contributed by atoms with E-state index in [9.17, 15) is 26.4 Å². The van der Waals surface area contributed by atoms with Crippen molar-refractivity contribution in [2.75, 3.05) is 4.72 Å². The van der Waals surface area contributed by atoms with Crippen molar-refractivity contribution < 1.29 is 26.4 Å². The van der Waals surface area contributed by atoms with Gasteiger partial charge in [-0.1, -0.05) is 39.7 Å². The third-order valence-electron chi connectivity index (χ3n) is 3.87. The van der Waals surface area contributed by atoms with Gasteiger partial charge in [0.05, 0.1) is 16.9 Å². The molecule has 0 aliphatic heterocycles. The number of halogens is 6. The van der Waals surface area contributed by atoms with Gasteiger partial charge < -0.3 is 0 Å². The largest absolute Gasteiger partial charge is 0.292 e. The molecule has 2 aromatic carbocycles. The Morgan fingerprint density at radius 2 is 1.65 bits per heavy atom. The van der Waals surface area contributed by atoms with Gasteiger partial charge >= 0.3 is 0 Å². The van der Waals surface area contributed by atoms with E-state index in [1.54, 1.807) is 4.72 Å². The highest BCUT2D eigenvalue weighted by molar-refractivity contribution is 9.09. The smallest absolute Gasteiger partial charge is 0.267 e. The number of hydrogen-bond acceptors (Lipinski definition) is 5. The third-order valence-corrected chi connectivity index (χ3v) is 6.54. The highest BCUT2D eigenvalue weighted by Crippen LogP contribution is 2.31. The van der Waals surface area contributed by atoms with Crippen LogP contribution in [0.5, 0.6) is 0 Å². The van der Waals surface area contributed by atoms with Gasteiger partial charge in [-0.2, -0.15) is 0 Å². The monoisotopic (exact) mass is 553 g/mol. The first kappa shape index (κ1) is 23.5. The number of aromatic nitrogens is 2. The SMILES string of the molecule is O=C(c1cccc(NS(=O)(=O)c2c(F)cccc2F)c1F)C(Br)c1cc(Cl)nc(Cl)n1. The highest BCUT2D eigenvalue weighted by atomic mass is 79.9. The summed E-state index contributed by atoms with van der Waals surface area (Å²) in [6, 6.07) is 6.96. The molecule has 13 heteroatoms. The summed E-state index contributed by atoms with van der Waals surface area (Å²) in [6.07, 6.45) is 0. The Kier molecular flexibility index (Phi) is 6.89. The van der Waals surface area contributed by atoms with Crippen LogP contribution in [0.25, 0.3) is 0 Å². The quantitative estimate of drug-likeness (QED) is 0.193. The van der Waals surface area contributed by atoms with E-state index < -0.39 is 54.2 Å². The first-order valence-electron chi connectivity index (χ1n) is 8.15. The number of nitrogens with zero attached hydrogens (tertiary/aromatic N) is 2. The predicted molar refractivity (Wildman–Crippen MR) is 112 cm³/mol. The summed E-state index contributed by atoms with van der Waals surface area (Å²) in [5.74, 6) is -4.83. The van der Waals surface area contributed by atoms with Crippen molar-refractivity contribution in [3.63, 3.8) is 0 Å². The van der Waals surface area contributed by atoms with Crippen LogP contribution >= 0.6 is 39.1 Å². The summed E-state index contributed by atoms with van der Waals surface area (Å²) in [7, 11) is -4.84. The number of sulfonamides is 1. The van der Waals surface area contributed by atoms with Gasteiger partial charge in [0, 0.05) is 0 Å². The Hall–Kier alpha value is -2.21. The Bertz CT molecular complexity index is 1250. The van der Waals surface area contributed by atoms with Crippen LogP contribution in [0.2, 0.25) is 10.4 Å². The van der Waals surface area contributed by atoms with Crippen molar-refractivity contribution in [3.05, 3.63) is 81.6 Å². The molecule has 0 amide bonds. The summed E-state index contributed by atoms with van der Waals surface area (Å²) in [4.78, 5) is 17.7. The molecule has 1 N–H and O–H groups in total.